The molecule has 1 aliphatic rings. The number of nitrogens with zero attached hydrogens (tertiary/aromatic N) is 2. The topological polar surface area (TPSA) is 56.9 Å². The molecule has 1 heterocycles. The zero-order valence-corrected chi connectivity index (χ0v) is 16.7. The molecule has 2 aromatic carbocycles. The van der Waals surface area contributed by atoms with E-state index in [9.17, 15) is 13.2 Å². The minimum atomic E-state index is -4.43. The summed E-state index contributed by atoms with van der Waals surface area (Å²) in [5.41, 5.74) is 3.50. The minimum absolute atomic E-state index is 0.00122. The van der Waals surface area contributed by atoms with E-state index in [4.69, 9.17) is 14.1 Å². The number of alkyl halides is 3. The number of benzene rings is 2. The monoisotopic (exact) mass is 428 g/mol. The van der Waals surface area contributed by atoms with Gasteiger partial charge in [0.25, 0.3) is 0 Å². The summed E-state index contributed by atoms with van der Waals surface area (Å²) < 4.78 is 49.7. The fourth-order valence-electron chi connectivity index (χ4n) is 3.53. The average molecular weight is 428 g/mol. The first kappa shape index (κ1) is 20.7. The highest BCUT2D eigenvalue weighted by Gasteiger charge is 2.31. The highest BCUT2D eigenvalue weighted by molar-refractivity contribution is 6.00. The Morgan fingerprint density at radius 1 is 1.16 bits per heavy atom. The highest BCUT2D eigenvalue weighted by Crippen LogP contribution is 2.38. The molecule has 0 bridgehead atoms. The maximum atomic E-state index is 13.0. The van der Waals surface area contributed by atoms with Crippen LogP contribution in [0.1, 0.15) is 28.9 Å². The predicted molar refractivity (Wildman–Crippen MR) is 110 cm³/mol. The first-order chi connectivity index (χ1) is 14.9. The maximum absolute atomic E-state index is 13.0. The molecule has 4 rings (SSSR count). The standard InChI is InChI=1S/C23H19F3N2O3/c1-14(30-27-20(13-23(24,25)26)15-6-4-3-5-7-15)22-19-10-8-16-12-17(29-2)9-11-18(16)21(19)28-31-22/h3-7,9,11-12H,1,8,10,13H2,2H3/b27-20+. The van der Waals surface area contributed by atoms with Gasteiger partial charge in [0.1, 0.15) is 11.4 Å². The van der Waals surface area contributed by atoms with Crippen molar-refractivity contribution >= 4 is 11.5 Å². The molecule has 0 aliphatic heterocycles. The van der Waals surface area contributed by atoms with E-state index in [1.54, 1.807) is 25.3 Å². The van der Waals surface area contributed by atoms with Crippen LogP contribution in [0.4, 0.5) is 13.2 Å². The Balaban J connectivity index is 1.60. The molecule has 0 atom stereocenters. The molecule has 1 aromatic heterocycles. The molecule has 0 saturated carbocycles. The van der Waals surface area contributed by atoms with Crippen LogP contribution in [-0.2, 0) is 17.7 Å². The lowest BCUT2D eigenvalue weighted by Crippen LogP contribution is -2.16. The molecule has 0 amide bonds. The Hall–Kier alpha value is -3.55. The van der Waals surface area contributed by atoms with Gasteiger partial charge in [0.15, 0.2) is 5.76 Å². The Morgan fingerprint density at radius 2 is 1.94 bits per heavy atom. The van der Waals surface area contributed by atoms with Crippen LogP contribution in [0.2, 0.25) is 0 Å². The number of oxime groups is 1. The third-order valence-electron chi connectivity index (χ3n) is 4.99. The van der Waals surface area contributed by atoms with Crippen LogP contribution in [0, 0.1) is 0 Å². The van der Waals surface area contributed by atoms with Crippen molar-refractivity contribution in [2.24, 2.45) is 5.16 Å². The van der Waals surface area contributed by atoms with Crippen LogP contribution in [0.3, 0.4) is 0 Å². The van der Waals surface area contributed by atoms with E-state index in [-0.39, 0.29) is 17.2 Å². The SMILES string of the molecule is C=C(O/N=C(\CC(F)(F)F)c1ccccc1)c1onc2c1CCc1cc(OC)ccc1-2. The maximum Gasteiger partial charge on any atom is 0.394 e. The largest absolute Gasteiger partial charge is 0.497 e. The van der Waals surface area contributed by atoms with Crippen LogP contribution < -0.4 is 4.74 Å². The predicted octanol–water partition coefficient (Wildman–Crippen LogP) is 5.79. The summed E-state index contributed by atoms with van der Waals surface area (Å²) in [6.45, 7) is 3.79. The molecule has 160 valence electrons. The molecule has 0 radical (unpaired) electrons. The molecular weight excluding hydrogens is 409 g/mol. The van der Waals surface area contributed by atoms with E-state index >= 15 is 0 Å². The summed E-state index contributed by atoms with van der Waals surface area (Å²) in [5, 5.41) is 7.88. The molecule has 0 fully saturated rings. The number of methoxy groups -OCH3 is 1. The third-order valence-corrected chi connectivity index (χ3v) is 4.99. The van der Waals surface area contributed by atoms with Crippen molar-refractivity contribution in [1.82, 2.24) is 5.16 Å². The number of halogens is 3. The molecule has 0 saturated heterocycles. The Morgan fingerprint density at radius 3 is 2.65 bits per heavy atom. The van der Waals surface area contributed by atoms with E-state index in [0.29, 0.717) is 17.7 Å². The van der Waals surface area contributed by atoms with Crippen LogP contribution in [-0.4, -0.2) is 24.2 Å². The smallest absolute Gasteiger partial charge is 0.394 e. The van der Waals surface area contributed by atoms with E-state index < -0.39 is 12.6 Å². The number of aromatic nitrogens is 1. The van der Waals surface area contributed by atoms with Crippen molar-refractivity contribution in [3.63, 3.8) is 0 Å². The lowest BCUT2D eigenvalue weighted by Gasteiger charge is -2.16. The van der Waals surface area contributed by atoms with Gasteiger partial charge in [-0.05, 0) is 48.7 Å². The summed E-state index contributed by atoms with van der Waals surface area (Å²) in [7, 11) is 1.61. The van der Waals surface area contributed by atoms with Gasteiger partial charge < -0.3 is 14.1 Å². The minimum Gasteiger partial charge on any atom is -0.497 e. The number of ether oxygens (including phenoxy) is 1. The van der Waals surface area contributed by atoms with Gasteiger partial charge in [-0.1, -0.05) is 40.6 Å². The fraction of sp³-hybridized carbons (Fsp3) is 0.217. The van der Waals surface area contributed by atoms with Gasteiger partial charge in [-0.3, -0.25) is 0 Å². The van der Waals surface area contributed by atoms with Gasteiger partial charge in [-0.15, -0.1) is 0 Å². The van der Waals surface area contributed by atoms with E-state index in [2.05, 4.69) is 16.9 Å². The summed E-state index contributed by atoms with van der Waals surface area (Å²) in [6.07, 6.45) is -4.31. The van der Waals surface area contributed by atoms with Crippen molar-refractivity contribution in [2.75, 3.05) is 7.11 Å². The third kappa shape index (κ3) is 4.47. The average Bonchev–Trinajstić information content (AvgIpc) is 3.20. The van der Waals surface area contributed by atoms with Crippen LogP contribution in [0.5, 0.6) is 5.75 Å². The molecule has 8 heteroatoms. The van der Waals surface area contributed by atoms with Crippen molar-refractivity contribution in [3.05, 3.63) is 77.6 Å². The Bertz CT molecular complexity index is 1130. The highest BCUT2D eigenvalue weighted by atomic mass is 19.4. The van der Waals surface area contributed by atoms with Crippen molar-refractivity contribution in [2.45, 2.75) is 25.4 Å². The first-order valence-corrected chi connectivity index (χ1v) is 9.57. The van der Waals surface area contributed by atoms with E-state index in [0.717, 1.165) is 28.9 Å². The number of fused-ring (bicyclic) bond motifs is 3. The van der Waals surface area contributed by atoms with Gasteiger partial charge in [0.2, 0.25) is 5.76 Å². The van der Waals surface area contributed by atoms with Crippen molar-refractivity contribution in [1.29, 1.82) is 0 Å². The number of rotatable bonds is 6. The van der Waals surface area contributed by atoms with Gasteiger partial charge in [-0.2, -0.15) is 13.2 Å². The van der Waals surface area contributed by atoms with Crippen molar-refractivity contribution < 1.29 is 27.3 Å². The number of hydrogen-bond donors (Lipinski definition) is 0. The fourth-order valence-corrected chi connectivity index (χ4v) is 3.53. The van der Waals surface area contributed by atoms with Gasteiger partial charge in [0.05, 0.1) is 19.2 Å². The Labute approximate surface area is 176 Å². The molecule has 1 aliphatic carbocycles. The second-order valence-corrected chi connectivity index (χ2v) is 7.07. The van der Waals surface area contributed by atoms with Crippen LogP contribution >= 0.6 is 0 Å². The second kappa shape index (κ2) is 8.29. The number of hydrogen-bond acceptors (Lipinski definition) is 5. The summed E-state index contributed by atoms with van der Waals surface area (Å²) in [5.74, 6) is 1.03. The molecule has 31 heavy (non-hydrogen) atoms. The molecular formula is C23H19F3N2O3. The molecule has 0 unspecified atom stereocenters. The van der Waals surface area contributed by atoms with Crippen LogP contribution in [0.25, 0.3) is 17.0 Å². The van der Waals surface area contributed by atoms with E-state index in [1.165, 1.54) is 12.1 Å². The molecule has 0 N–H and O–H groups in total. The lowest BCUT2D eigenvalue weighted by atomic mass is 9.89. The quantitative estimate of drug-likeness (QED) is 0.283. The summed E-state index contributed by atoms with van der Waals surface area (Å²) in [6, 6.07) is 13.7. The molecule has 5 nitrogen and oxygen atoms in total. The zero-order valence-electron chi connectivity index (χ0n) is 16.7. The summed E-state index contributed by atoms with van der Waals surface area (Å²) in [4.78, 5) is 5.28. The summed E-state index contributed by atoms with van der Waals surface area (Å²) >= 11 is 0. The lowest BCUT2D eigenvalue weighted by molar-refractivity contribution is -0.121. The number of aryl methyl sites for hydroxylation is 1. The van der Waals surface area contributed by atoms with Gasteiger partial charge in [0, 0.05) is 11.1 Å². The van der Waals surface area contributed by atoms with Gasteiger partial charge >= 0.3 is 6.18 Å². The molecule has 0 spiro atoms. The Kier molecular flexibility index (Phi) is 5.54. The second-order valence-electron chi connectivity index (χ2n) is 7.07. The van der Waals surface area contributed by atoms with Crippen LogP contribution in [0.15, 0.2) is 64.8 Å². The van der Waals surface area contributed by atoms with Gasteiger partial charge in [-0.25, -0.2) is 0 Å². The van der Waals surface area contributed by atoms with Crippen molar-refractivity contribution in [3.8, 4) is 17.0 Å². The van der Waals surface area contributed by atoms with E-state index in [1.807, 2.05) is 18.2 Å². The normalized spacial score (nSPS) is 13.4. The molecule has 3 aromatic rings. The zero-order chi connectivity index (χ0) is 22.0. The first-order valence-electron chi connectivity index (χ1n) is 9.57.